The molecule has 0 heterocycles. The van der Waals surface area contributed by atoms with E-state index in [-0.39, 0.29) is 5.56 Å². The summed E-state index contributed by atoms with van der Waals surface area (Å²) in [5, 5.41) is 0. The lowest BCUT2D eigenvalue weighted by Crippen LogP contribution is -2.47. The fourth-order valence-corrected chi connectivity index (χ4v) is 1.06. The highest BCUT2D eigenvalue weighted by atomic mass is 19.4. The van der Waals surface area contributed by atoms with Gasteiger partial charge in [-0.2, -0.15) is 13.2 Å². The normalized spacial score (nSPS) is 16.4. The van der Waals surface area contributed by atoms with Crippen LogP contribution < -0.4 is 5.73 Å². The van der Waals surface area contributed by atoms with Gasteiger partial charge in [0, 0.05) is 0 Å². The smallest absolute Gasteiger partial charge is 0.314 e. The molecule has 0 spiro atoms. The number of hydrogen-bond acceptors (Lipinski definition) is 1. The van der Waals surface area contributed by atoms with Gasteiger partial charge in [0.15, 0.2) is 0 Å². The monoisotopic (exact) mass is 203 g/mol. The van der Waals surface area contributed by atoms with Gasteiger partial charge in [-0.15, -0.1) is 0 Å². The Morgan fingerprint density at radius 1 is 1.07 bits per heavy atom. The zero-order valence-corrected chi connectivity index (χ0v) is 8.02. The van der Waals surface area contributed by atoms with Crippen molar-refractivity contribution in [1.82, 2.24) is 0 Å². The summed E-state index contributed by atoms with van der Waals surface area (Å²) in [5.41, 5.74) is 3.95. The SMILES string of the molecule is Cc1ccc([C@](C)(N)C(F)(F)F)cc1. The number of hydrogen-bond donors (Lipinski definition) is 1. The first-order chi connectivity index (χ1) is 6.25. The maximum atomic E-state index is 12.5. The largest absolute Gasteiger partial charge is 0.410 e. The van der Waals surface area contributed by atoms with Crippen molar-refractivity contribution in [2.75, 3.05) is 0 Å². The molecular weight excluding hydrogens is 191 g/mol. The molecule has 0 saturated carbocycles. The maximum absolute atomic E-state index is 12.5. The molecule has 0 saturated heterocycles. The average Bonchev–Trinajstić information content (AvgIpc) is 2.03. The summed E-state index contributed by atoms with van der Waals surface area (Å²) in [4.78, 5) is 0. The fraction of sp³-hybridized carbons (Fsp3) is 0.400. The lowest BCUT2D eigenvalue weighted by atomic mass is 9.92. The Morgan fingerprint density at radius 3 is 1.86 bits per heavy atom. The molecule has 1 aromatic carbocycles. The van der Waals surface area contributed by atoms with Crippen molar-refractivity contribution in [3.63, 3.8) is 0 Å². The molecule has 78 valence electrons. The Hall–Kier alpha value is -1.03. The molecule has 0 amide bonds. The zero-order valence-electron chi connectivity index (χ0n) is 8.02. The Morgan fingerprint density at radius 2 is 1.50 bits per heavy atom. The van der Waals surface area contributed by atoms with Crippen LogP contribution in [0.15, 0.2) is 24.3 Å². The minimum absolute atomic E-state index is 0.0793. The van der Waals surface area contributed by atoms with E-state index >= 15 is 0 Å². The number of alkyl halides is 3. The molecule has 4 heteroatoms. The summed E-state index contributed by atoms with van der Waals surface area (Å²) in [5.74, 6) is 0. The van der Waals surface area contributed by atoms with Crippen LogP contribution in [0.25, 0.3) is 0 Å². The lowest BCUT2D eigenvalue weighted by Gasteiger charge is -2.28. The highest BCUT2D eigenvalue weighted by Gasteiger charge is 2.49. The van der Waals surface area contributed by atoms with Gasteiger partial charge in [-0.05, 0) is 19.4 Å². The molecule has 0 aromatic heterocycles. The molecule has 0 fully saturated rings. The van der Waals surface area contributed by atoms with Gasteiger partial charge >= 0.3 is 6.18 Å². The van der Waals surface area contributed by atoms with Crippen LogP contribution in [-0.2, 0) is 5.54 Å². The first-order valence-corrected chi connectivity index (χ1v) is 4.18. The minimum atomic E-state index is -4.43. The maximum Gasteiger partial charge on any atom is 0.410 e. The van der Waals surface area contributed by atoms with E-state index in [1.54, 1.807) is 12.1 Å². The van der Waals surface area contributed by atoms with Gasteiger partial charge < -0.3 is 5.73 Å². The van der Waals surface area contributed by atoms with Gasteiger partial charge in [-0.25, -0.2) is 0 Å². The number of rotatable bonds is 1. The molecule has 1 aromatic rings. The molecule has 2 N–H and O–H groups in total. The molecule has 14 heavy (non-hydrogen) atoms. The molecule has 0 unspecified atom stereocenters. The fourth-order valence-electron chi connectivity index (χ4n) is 1.06. The van der Waals surface area contributed by atoms with E-state index in [4.69, 9.17) is 5.73 Å². The van der Waals surface area contributed by atoms with Crippen molar-refractivity contribution < 1.29 is 13.2 Å². The zero-order chi connectivity index (χ0) is 11.0. The molecule has 0 bridgehead atoms. The minimum Gasteiger partial charge on any atom is -0.314 e. The predicted molar refractivity (Wildman–Crippen MR) is 48.8 cm³/mol. The number of aryl methyl sites for hydroxylation is 1. The van der Waals surface area contributed by atoms with Gasteiger partial charge in [0.1, 0.15) is 5.54 Å². The van der Waals surface area contributed by atoms with E-state index in [0.717, 1.165) is 12.5 Å². The van der Waals surface area contributed by atoms with Gasteiger partial charge in [0.05, 0.1) is 0 Å². The highest BCUT2D eigenvalue weighted by Crippen LogP contribution is 2.36. The molecule has 1 rings (SSSR count). The summed E-state index contributed by atoms with van der Waals surface area (Å²) in [6.07, 6.45) is -4.43. The highest BCUT2D eigenvalue weighted by molar-refractivity contribution is 5.28. The van der Waals surface area contributed by atoms with Crippen LogP contribution in [0, 0.1) is 6.92 Å². The number of nitrogens with two attached hydrogens (primary N) is 1. The van der Waals surface area contributed by atoms with Crippen molar-refractivity contribution in [2.45, 2.75) is 25.6 Å². The number of benzene rings is 1. The van der Waals surface area contributed by atoms with Crippen LogP contribution >= 0.6 is 0 Å². The van der Waals surface area contributed by atoms with Gasteiger partial charge in [-0.1, -0.05) is 29.8 Å². The van der Waals surface area contributed by atoms with Crippen molar-refractivity contribution in [3.8, 4) is 0 Å². The molecule has 0 aliphatic carbocycles. The standard InChI is InChI=1S/C10H12F3N/c1-7-3-5-8(6-4-7)9(2,14)10(11,12)13/h3-6H,14H2,1-2H3/t9-/m0/s1. The average molecular weight is 203 g/mol. The summed E-state index contributed by atoms with van der Waals surface area (Å²) < 4.78 is 37.5. The van der Waals surface area contributed by atoms with E-state index in [2.05, 4.69) is 0 Å². The first-order valence-electron chi connectivity index (χ1n) is 4.18. The second-order valence-electron chi connectivity index (χ2n) is 3.57. The summed E-state index contributed by atoms with van der Waals surface area (Å²) in [7, 11) is 0. The summed E-state index contributed by atoms with van der Waals surface area (Å²) in [6, 6.07) is 6.05. The van der Waals surface area contributed by atoms with Crippen LogP contribution in [-0.4, -0.2) is 6.18 Å². The summed E-state index contributed by atoms with van der Waals surface area (Å²) in [6.45, 7) is 2.78. The predicted octanol–water partition coefficient (Wildman–Crippen LogP) is 2.73. The van der Waals surface area contributed by atoms with Crippen LogP contribution in [0.2, 0.25) is 0 Å². The second-order valence-corrected chi connectivity index (χ2v) is 3.57. The quantitative estimate of drug-likeness (QED) is 0.746. The van der Waals surface area contributed by atoms with E-state index in [1.165, 1.54) is 12.1 Å². The van der Waals surface area contributed by atoms with E-state index in [0.29, 0.717) is 0 Å². The third-order valence-corrected chi connectivity index (χ3v) is 2.24. The number of halogens is 3. The Balaban J connectivity index is 3.10. The Kier molecular flexibility index (Phi) is 2.58. The van der Waals surface area contributed by atoms with E-state index in [1.807, 2.05) is 6.92 Å². The van der Waals surface area contributed by atoms with Crippen LogP contribution in [0.4, 0.5) is 13.2 Å². The van der Waals surface area contributed by atoms with Crippen molar-refractivity contribution in [2.24, 2.45) is 5.73 Å². The topological polar surface area (TPSA) is 26.0 Å². The molecule has 1 nitrogen and oxygen atoms in total. The van der Waals surface area contributed by atoms with Gasteiger partial charge in [0.25, 0.3) is 0 Å². The van der Waals surface area contributed by atoms with Crippen LogP contribution in [0.1, 0.15) is 18.1 Å². The molecule has 0 aliphatic rings. The lowest BCUT2D eigenvalue weighted by molar-refractivity contribution is -0.184. The van der Waals surface area contributed by atoms with Crippen LogP contribution in [0.3, 0.4) is 0 Å². The van der Waals surface area contributed by atoms with Crippen molar-refractivity contribution in [3.05, 3.63) is 35.4 Å². The van der Waals surface area contributed by atoms with Crippen molar-refractivity contribution >= 4 is 0 Å². The van der Waals surface area contributed by atoms with Gasteiger partial charge in [0.2, 0.25) is 0 Å². The third-order valence-electron chi connectivity index (χ3n) is 2.24. The third kappa shape index (κ3) is 1.90. The van der Waals surface area contributed by atoms with Crippen LogP contribution in [0.5, 0.6) is 0 Å². The molecule has 1 atom stereocenters. The van der Waals surface area contributed by atoms with Crippen molar-refractivity contribution in [1.29, 1.82) is 0 Å². The molecule has 0 aliphatic heterocycles. The molecular formula is C10H12F3N. The molecule has 0 radical (unpaired) electrons. The van der Waals surface area contributed by atoms with E-state index in [9.17, 15) is 13.2 Å². The van der Waals surface area contributed by atoms with E-state index < -0.39 is 11.7 Å². The summed E-state index contributed by atoms with van der Waals surface area (Å²) >= 11 is 0. The van der Waals surface area contributed by atoms with Gasteiger partial charge in [-0.3, -0.25) is 0 Å². The second kappa shape index (κ2) is 3.28. The first kappa shape index (κ1) is 11.0. The Bertz CT molecular complexity index is 311. The Labute approximate surface area is 80.7 Å².